The minimum absolute atomic E-state index is 0.0177. The van der Waals surface area contributed by atoms with E-state index < -0.39 is 30.3 Å². The Bertz CT molecular complexity index is 1170. The van der Waals surface area contributed by atoms with E-state index in [2.05, 4.69) is 9.97 Å². The van der Waals surface area contributed by atoms with Gasteiger partial charge in [0.25, 0.3) is 0 Å². The van der Waals surface area contributed by atoms with E-state index >= 15 is 4.39 Å². The van der Waals surface area contributed by atoms with Crippen molar-refractivity contribution in [2.75, 3.05) is 44.3 Å². The first-order valence-electron chi connectivity index (χ1n) is 12.4. The molecule has 1 aromatic heterocycles. The summed E-state index contributed by atoms with van der Waals surface area (Å²) in [5.74, 6) is -0.235. The average Bonchev–Trinajstić information content (AvgIpc) is 3.21. The minimum Gasteiger partial charge on any atom is -0.461 e. The highest BCUT2D eigenvalue weighted by Crippen LogP contribution is 2.45. The number of fused-ring (bicyclic) bond motifs is 3. The molecule has 0 spiro atoms. The van der Waals surface area contributed by atoms with Crippen molar-refractivity contribution in [1.82, 2.24) is 19.3 Å². The van der Waals surface area contributed by atoms with Gasteiger partial charge in [-0.3, -0.25) is 9.32 Å². The predicted octanol–water partition coefficient (Wildman–Crippen LogP) is 1.55. The van der Waals surface area contributed by atoms with Crippen LogP contribution in [0.3, 0.4) is 0 Å². The number of halogens is 4. The molecule has 11 heteroatoms. The van der Waals surface area contributed by atoms with Crippen molar-refractivity contribution in [3.63, 3.8) is 0 Å². The molecule has 1 aromatic rings. The van der Waals surface area contributed by atoms with E-state index in [1.807, 2.05) is 9.80 Å². The number of alkyl halides is 2. The van der Waals surface area contributed by atoms with E-state index in [4.69, 9.17) is 35.6 Å². The van der Waals surface area contributed by atoms with E-state index in [0.29, 0.717) is 43.8 Å². The summed E-state index contributed by atoms with van der Waals surface area (Å²) in [6.07, 6.45) is 1.78. The standard InChI is InChI=1S/C22H27Cl2F2N5O2/c1-12-15(25)9-22(4-2-5-30(12)22)11-33-21-27-17-13(3-6-31(24)19(17)26)20(28-21)29-7-8-32-10-14-16(23)18(14)29/h3,12,14-16,18H,2,4-11H2,1H3/t12-,14+,15-,16+,18+,22+/m1/s1/i11D2. The molecule has 0 aromatic carbocycles. The van der Waals surface area contributed by atoms with Crippen LogP contribution in [0, 0.1) is 5.92 Å². The van der Waals surface area contributed by atoms with Crippen molar-refractivity contribution >= 4 is 41.2 Å². The fourth-order valence-corrected chi connectivity index (χ4v) is 6.40. The number of rotatable bonds is 4. The van der Waals surface area contributed by atoms with Gasteiger partial charge in [0.2, 0.25) is 5.95 Å². The monoisotopic (exact) mass is 503 g/mol. The van der Waals surface area contributed by atoms with Crippen LogP contribution in [-0.2, 0) is 4.74 Å². The molecule has 6 rings (SSSR count). The first-order chi connectivity index (χ1) is 16.6. The minimum atomic E-state index is -2.31. The predicted molar refractivity (Wildman–Crippen MR) is 121 cm³/mol. The van der Waals surface area contributed by atoms with Crippen LogP contribution >= 0.6 is 23.4 Å². The second-order valence-corrected chi connectivity index (χ2v) is 10.4. The fraction of sp³-hybridized carbons (Fsp3) is 0.727. The van der Waals surface area contributed by atoms with Crippen LogP contribution in [0.15, 0.2) is 0 Å². The van der Waals surface area contributed by atoms with Gasteiger partial charge in [0.1, 0.15) is 23.9 Å². The van der Waals surface area contributed by atoms with Gasteiger partial charge in [-0.15, -0.1) is 11.6 Å². The molecule has 7 nitrogen and oxygen atoms in total. The van der Waals surface area contributed by atoms with Crippen molar-refractivity contribution in [2.45, 2.75) is 55.4 Å². The lowest BCUT2D eigenvalue weighted by molar-refractivity contribution is 0.0875. The zero-order chi connectivity index (χ0) is 24.7. The van der Waals surface area contributed by atoms with Crippen molar-refractivity contribution < 1.29 is 21.0 Å². The highest BCUT2D eigenvalue weighted by atomic mass is 35.5. The Balaban J connectivity index is 1.44. The maximum atomic E-state index is 15.1. The van der Waals surface area contributed by atoms with Crippen LogP contribution in [-0.4, -0.2) is 87.9 Å². The van der Waals surface area contributed by atoms with E-state index in [0.717, 1.165) is 10.8 Å². The van der Waals surface area contributed by atoms with Crippen molar-refractivity contribution in [3.05, 3.63) is 10.6 Å². The highest BCUT2D eigenvalue weighted by Gasteiger charge is 2.55. The molecule has 1 aliphatic carbocycles. The second kappa shape index (κ2) is 8.07. The lowest BCUT2D eigenvalue weighted by atomic mass is 9.94. The van der Waals surface area contributed by atoms with E-state index in [-0.39, 0.29) is 41.7 Å². The summed E-state index contributed by atoms with van der Waals surface area (Å²) in [6.45, 7) is 1.65. The van der Waals surface area contributed by atoms with Gasteiger partial charge in [0.15, 0.2) is 0 Å². The summed E-state index contributed by atoms with van der Waals surface area (Å²) in [6, 6.07) is -0.768. The number of aromatic nitrogens is 2. The van der Waals surface area contributed by atoms with Crippen LogP contribution < -0.4 is 20.2 Å². The molecule has 4 aliphatic heterocycles. The number of nitrogens with zero attached hydrogens (tertiary/aromatic N) is 5. The fourth-order valence-electron chi connectivity index (χ4n) is 5.79. The van der Waals surface area contributed by atoms with Gasteiger partial charge in [0, 0.05) is 41.9 Å². The Morgan fingerprint density at radius 1 is 1.39 bits per heavy atom. The largest absolute Gasteiger partial charge is 0.461 e. The first-order valence-corrected chi connectivity index (χ1v) is 12.2. The molecule has 0 amide bonds. The number of ether oxygens (including phenoxy) is 2. The zero-order valence-corrected chi connectivity index (χ0v) is 19.7. The van der Waals surface area contributed by atoms with Crippen molar-refractivity contribution in [3.8, 4) is 6.01 Å². The Hall–Kier alpha value is -1.42. The molecular weight excluding hydrogens is 475 g/mol. The molecule has 5 aliphatic rings. The summed E-state index contributed by atoms with van der Waals surface area (Å²) < 4.78 is 60.0. The van der Waals surface area contributed by atoms with Gasteiger partial charge in [-0.1, -0.05) is 6.08 Å². The third-order valence-electron chi connectivity index (χ3n) is 7.64. The van der Waals surface area contributed by atoms with Crippen LogP contribution in [0.5, 0.6) is 6.01 Å². The molecule has 0 unspecified atom stereocenters. The Kier molecular flexibility index (Phi) is 4.85. The summed E-state index contributed by atoms with van der Waals surface area (Å²) in [7, 11) is 0. The van der Waals surface area contributed by atoms with Crippen LogP contribution in [0.1, 0.15) is 28.9 Å². The summed E-state index contributed by atoms with van der Waals surface area (Å²) in [5, 5.41) is 0.258. The summed E-state index contributed by atoms with van der Waals surface area (Å²) >= 11 is 12.5. The van der Waals surface area contributed by atoms with Crippen LogP contribution in [0.2, 0.25) is 0 Å². The van der Waals surface area contributed by atoms with E-state index in [9.17, 15) is 4.39 Å². The average molecular weight is 504 g/mol. The third-order valence-corrected chi connectivity index (χ3v) is 8.51. The zero-order valence-electron chi connectivity index (χ0n) is 20.2. The first kappa shape index (κ1) is 19.8. The maximum absolute atomic E-state index is 15.1. The quantitative estimate of drug-likeness (QED) is 0.351. The van der Waals surface area contributed by atoms with Crippen molar-refractivity contribution in [2.24, 2.45) is 5.92 Å². The molecular formula is C22H27Cl2F2N5O2. The Morgan fingerprint density at radius 3 is 3.09 bits per heavy atom. The summed E-state index contributed by atoms with van der Waals surface area (Å²) in [4.78, 5) is 12.7. The molecule has 180 valence electrons. The smallest absolute Gasteiger partial charge is 0.319 e. The van der Waals surface area contributed by atoms with Gasteiger partial charge in [-0.2, -0.15) is 14.4 Å². The van der Waals surface area contributed by atoms with Crippen molar-refractivity contribution in [1.29, 1.82) is 0 Å². The highest BCUT2D eigenvalue weighted by molar-refractivity contribution is 6.23. The van der Waals surface area contributed by atoms with Crippen LogP contribution in [0.4, 0.5) is 14.6 Å². The normalized spacial score (nSPS) is 39.2. The second-order valence-electron chi connectivity index (χ2n) is 9.49. The lowest BCUT2D eigenvalue weighted by Crippen LogP contribution is -2.47. The topological polar surface area (TPSA) is 54.0 Å². The SMILES string of the molecule is [2H]C([2H])(Oc1nc(N2CCOC[C@H]3[C@H](Cl)[C@H]32)c2c(n1)=C(F)N(Cl)CC=2)[C@@]12CCCN1[C@H](C)[C@H](F)C2. The van der Waals surface area contributed by atoms with Gasteiger partial charge >= 0.3 is 6.01 Å². The van der Waals surface area contributed by atoms with Gasteiger partial charge in [0.05, 0.1) is 39.5 Å². The number of anilines is 1. The number of hydrogen-bond donors (Lipinski definition) is 0. The van der Waals surface area contributed by atoms with Gasteiger partial charge in [-0.05, 0) is 26.3 Å². The molecule has 6 atom stereocenters. The van der Waals surface area contributed by atoms with Gasteiger partial charge in [-0.25, -0.2) is 4.39 Å². The molecule has 3 saturated heterocycles. The molecule has 1 saturated carbocycles. The molecule has 0 bridgehead atoms. The van der Waals surface area contributed by atoms with E-state index in [1.54, 1.807) is 13.0 Å². The van der Waals surface area contributed by atoms with Crippen LogP contribution in [0.25, 0.3) is 12.0 Å². The molecule has 33 heavy (non-hydrogen) atoms. The Morgan fingerprint density at radius 2 is 2.24 bits per heavy atom. The molecule has 0 radical (unpaired) electrons. The molecule has 0 N–H and O–H groups in total. The molecule has 4 fully saturated rings. The molecule has 5 heterocycles. The lowest BCUT2D eigenvalue weighted by Gasteiger charge is -2.33. The summed E-state index contributed by atoms with van der Waals surface area (Å²) in [5.41, 5.74) is -1.14. The maximum Gasteiger partial charge on any atom is 0.319 e. The number of hydrogen-bond acceptors (Lipinski definition) is 7. The Labute approximate surface area is 203 Å². The van der Waals surface area contributed by atoms with Gasteiger partial charge < -0.3 is 14.4 Å². The third kappa shape index (κ3) is 3.49. The van der Waals surface area contributed by atoms with E-state index in [1.165, 1.54) is 0 Å².